The van der Waals surface area contributed by atoms with Gasteiger partial charge in [0, 0.05) is 29.3 Å². The molecule has 0 bridgehead atoms. The zero-order valence-corrected chi connectivity index (χ0v) is 22.3. The van der Waals surface area contributed by atoms with Crippen LogP contribution in [0.15, 0.2) is 131 Å². The van der Waals surface area contributed by atoms with Gasteiger partial charge in [-0.1, -0.05) is 72.8 Å². The van der Waals surface area contributed by atoms with Gasteiger partial charge in [-0.25, -0.2) is 9.79 Å². The molecule has 1 atom stereocenters. The van der Waals surface area contributed by atoms with E-state index in [0.29, 0.717) is 31.8 Å². The third kappa shape index (κ3) is 7.48. The Morgan fingerprint density at radius 2 is 1.00 bits per heavy atom. The van der Waals surface area contributed by atoms with E-state index in [4.69, 9.17) is 11.5 Å². The topological polar surface area (TPSA) is 121 Å². The van der Waals surface area contributed by atoms with E-state index in [2.05, 4.69) is 9.98 Å². The predicted molar refractivity (Wildman–Crippen MR) is 163 cm³/mol. The Morgan fingerprint density at radius 3 is 1.38 bits per heavy atom. The van der Waals surface area contributed by atoms with E-state index in [1.807, 2.05) is 126 Å². The maximum Gasteiger partial charge on any atom is 0.328 e. The predicted octanol–water partition coefficient (Wildman–Crippen LogP) is 5.92. The molecule has 4 aromatic carbocycles. The minimum Gasteiger partial charge on any atom is -0.480 e. The summed E-state index contributed by atoms with van der Waals surface area (Å²) in [5.74, 6) is -0.532. The number of nitrogens with zero attached hydrogens (tertiary/aromatic N) is 4. The zero-order valence-electron chi connectivity index (χ0n) is 22.3. The molecule has 204 valence electrons. The number of carboxylic acids is 1. The van der Waals surface area contributed by atoms with Gasteiger partial charge in [-0.05, 0) is 67.8 Å². The molecule has 8 heteroatoms. The first-order valence-corrected chi connectivity index (χ1v) is 13.2. The third-order valence-corrected chi connectivity index (χ3v) is 6.25. The summed E-state index contributed by atoms with van der Waals surface area (Å²) in [7, 11) is 0. The van der Waals surface area contributed by atoms with E-state index in [9.17, 15) is 9.90 Å². The molecule has 4 aromatic rings. The fourth-order valence-corrected chi connectivity index (χ4v) is 4.31. The van der Waals surface area contributed by atoms with Gasteiger partial charge in [0.1, 0.15) is 0 Å². The van der Waals surface area contributed by atoms with Gasteiger partial charge in [-0.15, -0.1) is 0 Å². The smallest absolute Gasteiger partial charge is 0.328 e. The molecule has 0 saturated heterocycles. The SMILES string of the molecule is NC(=NCCCC[C@H](N=C(N)N(c1ccccc1)c1ccccc1)C(=O)O)N(c1ccccc1)c1ccccc1. The Kier molecular flexibility index (Phi) is 9.88. The molecular formula is C32H34N6O2. The van der Waals surface area contributed by atoms with Crippen LogP contribution in [0.25, 0.3) is 0 Å². The average molecular weight is 535 g/mol. The number of aliphatic imine (C=N–C) groups is 2. The first-order chi connectivity index (χ1) is 19.5. The van der Waals surface area contributed by atoms with Crippen molar-refractivity contribution >= 4 is 40.6 Å². The van der Waals surface area contributed by atoms with Crippen LogP contribution in [0.4, 0.5) is 22.7 Å². The van der Waals surface area contributed by atoms with Crippen LogP contribution in [0.1, 0.15) is 19.3 Å². The number of unbranched alkanes of at least 4 members (excludes halogenated alkanes) is 1. The second kappa shape index (κ2) is 14.2. The van der Waals surface area contributed by atoms with Crippen molar-refractivity contribution in [3.05, 3.63) is 121 Å². The van der Waals surface area contributed by atoms with Crippen molar-refractivity contribution in [1.82, 2.24) is 0 Å². The molecule has 0 aliphatic rings. The second-order valence-electron chi connectivity index (χ2n) is 9.09. The van der Waals surface area contributed by atoms with Crippen LogP contribution in [0.3, 0.4) is 0 Å². The van der Waals surface area contributed by atoms with E-state index in [-0.39, 0.29) is 5.96 Å². The van der Waals surface area contributed by atoms with E-state index in [0.717, 1.165) is 22.7 Å². The number of anilines is 4. The van der Waals surface area contributed by atoms with Gasteiger partial charge in [0.15, 0.2) is 6.04 Å². The third-order valence-electron chi connectivity index (χ3n) is 6.25. The average Bonchev–Trinajstić information content (AvgIpc) is 2.99. The number of benzene rings is 4. The van der Waals surface area contributed by atoms with Crippen LogP contribution in [0, 0.1) is 0 Å². The van der Waals surface area contributed by atoms with Gasteiger partial charge in [-0.3, -0.25) is 14.8 Å². The Labute approximate surface area is 234 Å². The summed E-state index contributed by atoms with van der Waals surface area (Å²) in [5.41, 5.74) is 16.2. The van der Waals surface area contributed by atoms with Crippen molar-refractivity contribution < 1.29 is 9.90 Å². The van der Waals surface area contributed by atoms with E-state index in [1.165, 1.54) is 0 Å². The molecule has 0 unspecified atom stereocenters. The maximum atomic E-state index is 12.1. The summed E-state index contributed by atoms with van der Waals surface area (Å²) in [6, 6.07) is 37.7. The van der Waals surface area contributed by atoms with Gasteiger partial charge >= 0.3 is 5.97 Å². The standard InChI is InChI=1S/C32H34N6O2/c33-31(37(25-15-5-1-6-16-25)26-17-7-2-8-18-26)35-24-14-13-23-29(30(39)40)36-32(34)38(27-19-9-3-10-20-27)28-21-11-4-12-22-28/h1-12,15-22,29H,13-14,23-24H2,(H2,33,35)(H2,34,36)(H,39,40)/t29-/m0/s1. The summed E-state index contributed by atoms with van der Waals surface area (Å²) in [6.45, 7) is 0.452. The van der Waals surface area contributed by atoms with Crippen molar-refractivity contribution in [3.63, 3.8) is 0 Å². The monoisotopic (exact) mass is 534 g/mol. The van der Waals surface area contributed by atoms with Crippen LogP contribution < -0.4 is 21.3 Å². The van der Waals surface area contributed by atoms with Crippen molar-refractivity contribution in [2.75, 3.05) is 16.3 Å². The highest BCUT2D eigenvalue weighted by atomic mass is 16.4. The molecule has 0 aromatic heterocycles. The zero-order chi connectivity index (χ0) is 28.2. The normalized spacial score (nSPS) is 12.5. The van der Waals surface area contributed by atoms with Crippen LogP contribution in [-0.4, -0.2) is 35.6 Å². The number of carbonyl (C=O) groups is 1. The van der Waals surface area contributed by atoms with Gasteiger partial charge in [0.2, 0.25) is 11.9 Å². The number of hydrogen-bond donors (Lipinski definition) is 3. The highest BCUT2D eigenvalue weighted by molar-refractivity contribution is 6.03. The lowest BCUT2D eigenvalue weighted by Crippen LogP contribution is -2.36. The fraction of sp³-hybridized carbons (Fsp3) is 0.156. The number of nitrogens with two attached hydrogens (primary N) is 2. The largest absolute Gasteiger partial charge is 0.480 e. The summed E-state index contributed by atoms with van der Waals surface area (Å²) in [6.07, 6.45) is 1.57. The first-order valence-electron chi connectivity index (χ1n) is 13.2. The van der Waals surface area contributed by atoms with E-state index >= 15 is 0 Å². The Bertz CT molecular complexity index is 1320. The van der Waals surface area contributed by atoms with Crippen LogP contribution in [0.5, 0.6) is 0 Å². The minimum absolute atomic E-state index is 0.119. The van der Waals surface area contributed by atoms with Gasteiger partial charge < -0.3 is 16.6 Å². The summed E-state index contributed by atoms with van der Waals surface area (Å²) < 4.78 is 0. The van der Waals surface area contributed by atoms with Gasteiger partial charge in [0.25, 0.3) is 0 Å². The van der Waals surface area contributed by atoms with Crippen LogP contribution in [0.2, 0.25) is 0 Å². The van der Waals surface area contributed by atoms with Crippen LogP contribution >= 0.6 is 0 Å². The molecule has 0 fully saturated rings. The lowest BCUT2D eigenvalue weighted by molar-refractivity contribution is -0.138. The van der Waals surface area contributed by atoms with Crippen molar-refractivity contribution in [3.8, 4) is 0 Å². The summed E-state index contributed by atoms with van der Waals surface area (Å²) in [5, 5.41) is 9.88. The minimum atomic E-state index is -1.02. The van der Waals surface area contributed by atoms with Crippen molar-refractivity contribution in [1.29, 1.82) is 0 Å². The summed E-state index contributed by atoms with van der Waals surface area (Å²) in [4.78, 5) is 24.7. The molecule has 8 nitrogen and oxygen atoms in total. The molecule has 0 heterocycles. The summed E-state index contributed by atoms with van der Waals surface area (Å²) >= 11 is 0. The van der Waals surface area contributed by atoms with E-state index in [1.54, 1.807) is 4.90 Å². The first kappa shape index (κ1) is 27.9. The highest BCUT2D eigenvalue weighted by Crippen LogP contribution is 2.26. The molecule has 0 aliphatic heterocycles. The fourth-order valence-electron chi connectivity index (χ4n) is 4.31. The Morgan fingerprint density at radius 1 is 0.625 bits per heavy atom. The van der Waals surface area contributed by atoms with Crippen molar-refractivity contribution in [2.45, 2.75) is 25.3 Å². The van der Waals surface area contributed by atoms with Gasteiger partial charge in [0.05, 0.1) is 0 Å². The number of rotatable bonds is 11. The lowest BCUT2D eigenvalue weighted by atomic mass is 10.1. The lowest BCUT2D eigenvalue weighted by Gasteiger charge is -2.25. The molecule has 0 spiro atoms. The van der Waals surface area contributed by atoms with Crippen LogP contribution in [-0.2, 0) is 4.79 Å². The van der Waals surface area contributed by atoms with Gasteiger partial charge in [-0.2, -0.15) is 0 Å². The quantitative estimate of drug-likeness (QED) is 0.125. The molecule has 0 amide bonds. The molecule has 0 aliphatic carbocycles. The Balaban J connectivity index is 1.42. The van der Waals surface area contributed by atoms with Crippen molar-refractivity contribution in [2.24, 2.45) is 21.5 Å². The number of hydrogen-bond acceptors (Lipinski definition) is 3. The number of aliphatic carboxylic acids is 1. The Hall–Kier alpha value is -5.11. The molecule has 40 heavy (non-hydrogen) atoms. The molecule has 0 radical (unpaired) electrons. The molecule has 4 rings (SSSR count). The molecule has 0 saturated carbocycles. The maximum absolute atomic E-state index is 12.1. The number of para-hydroxylation sites is 4. The van der Waals surface area contributed by atoms with E-state index < -0.39 is 12.0 Å². The highest BCUT2D eigenvalue weighted by Gasteiger charge is 2.20. The number of guanidine groups is 2. The number of carboxylic acid groups (broad SMARTS) is 1. The molecular weight excluding hydrogens is 500 g/mol. The molecule has 5 N–H and O–H groups in total. The second-order valence-corrected chi connectivity index (χ2v) is 9.09.